The maximum Gasteiger partial charge on any atom is 0.272 e. The average molecular weight is 352 g/mol. The van der Waals surface area contributed by atoms with Crippen molar-refractivity contribution < 1.29 is 4.79 Å². The lowest BCUT2D eigenvalue weighted by Crippen LogP contribution is -2.36. The Labute approximate surface area is 155 Å². The molecule has 5 nitrogen and oxygen atoms in total. The number of piperidine rings is 1. The number of nitrogens with zero attached hydrogens (tertiary/aromatic N) is 3. The Kier molecular flexibility index (Phi) is 5.55. The molecule has 1 aromatic carbocycles. The van der Waals surface area contributed by atoms with Gasteiger partial charge >= 0.3 is 0 Å². The summed E-state index contributed by atoms with van der Waals surface area (Å²) in [6, 6.07) is 8.07. The molecule has 0 unspecified atom stereocenters. The Bertz CT molecular complexity index is 795. The zero-order valence-corrected chi connectivity index (χ0v) is 16.2. The molecule has 0 radical (unpaired) electrons. The Balaban J connectivity index is 1.90. The van der Waals surface area contributed by atoms with Crippen molar-refractivity contribution in [2.45, 2.75) is 52.9 Å². The van der Waals surface area contributed by atoms with E-state index in [-0.39, 0.29) is 5.91 Å². The number of hydrogen-bond acceptors (Lipinski definition) is 4. The fourth-order valence-electron chi connectivity index (χ4n) is 3.47. The van der Waals surface area contributed by atoms with E-state index >= 15 is 0 Å². The number of likely N-dealkylation sites (tertiary alicyclic amines) is 1. The summed E-state index contributed by atoms with van der Waals surface area (Å²) in [5.41, 5.74) is 3.94. The highest BCUT2D eigenvalue weighted by atomic mass is 16.2. The van der Waals surface area contributed by atoms with Crippen LogP contribution in [-0.2, 0) is 0 Å². The summed E-state index contributed by atoms with van der Waals surface area (Å²) >= 11 is 0. The molecule has 0 saturated carbocycles. The topological polar surface area (TPSA) is 58.1 Å². The van der Waals surface area contributed by atoms with E-state index in [1.807, 2.05) is 11.8 Å². The van der Waals surface area contributed by atoms with Gasteiger partial charge in [-0.3, -0.25) is 4.79 Å². The molecule has 1 aromatic heterocycles. The zero-order valence-electron chi connectivity index (χ0n) is 16.2. The molecule has 1 fully saturated rings. The van der Waals surface area contributed by atoms with E-state index < -0.39 is 0 Å². The maximum atomic E-state index is 12.8. The molecule has 1 aliphatic rings. The third-order valence-corrected chi connectivity index (χ3v) is 4.88. The molecule has 2 aromatic rings. The summed E-state index contributed by atoms with van der Waals surface area (Å²) in [5.74, 6) is 1.69. The zero-order chi connectivity index (χ0) is 18.7. The number of aromatic nitrogens is 2. The van der Waals surface area contributed by atoms with Crippen molar-refractivity contribution in [1.82, 2.24) is 14.9 Å². The third-order valence-electron chi connectivity index (χ3n) is 4.88. The van der Waals surface area contributed by atoms with Gasteiger partial charge in [0.25, 0.3) is 5.91 Å². The van der Waals surface area contributed by atoms with Gasteiger partial charge in [0, 0.05) is 24.8 Å². The Hall–Kier alpha value is -2.43. The molecule has 0 bridgehead atoms. The molecular formula is C21H28N4O. The number of rotatable bonds is 4. The first kappa shape index (κ1) is 18.4. The molecule has 0 atom stereocenters. The number of nitrogens with one attached hydrogen (secondary N) is 1. The van der Waals surface area contributed by atoms with Crippen molar-refractivity contribution in [3.8, 4) is 0 Å². The van der Waals surface area contributed by atoms with E-state index in [4.69, 9.17) is 0 Å². The van der Waals surface area contributed by atoms with E-state index in [0.29, 0.717) is 23.3 Å². The SMILES string of the molecule is Cc1nc(Nc2c(C)cccc2C(C)C)cc(C(=O)N2CCCCC2)n1. The molecule has 1 N–H and O–H groups in total. The second kappa shape index (κ2) is 7.85. The van der Waals surface area contributed by atoms with Gasteiger partial charge in [0.2, 0.25) is 0 Å². The van der Waals surface area contributed by atoms with Crippen molar-refractivity contribution >= 4 is 17.4 Å². The Morgan fingerprint density at radius 3 is 2.54 bits per heavy atom. The summed E-state index contributed by atoms with van der Waals surface area (Å²) in [5, 5.41) is 3.44. The number of para-hydroxylation sites is 1. The van der Waals surface area contributed by atoms with Crippen molar-refractivity contribution in [1.29, 1.82) is 0 Å². The van der Waals surface area contributed by atoms with Crippen LogP contribution in [0, 0.1) is 13.8 Å². The van der Waals surface area contributed by atoms with Crippen molar-refractivity contribution in [3.05, 3.63) is 46.9 Å². The third kappa shape index (κ3) is 4.03. The molecule has 1 saturated heterocycles. The van der Waals surface area contributed by atoms with Crippen molar-refractivity contribution in [2.75, 3.05) is 18.4 Å². The van der Waals surface area contributed by atoms with Gasteiger partial charge in [-0.1, -0.05) is 32.0 Å². The first-order chi connectivity index (χ1) is 12.5. The molecule has 1 aliphatic heterocycles. The van der Waals surface area contributed by atoms with Crippen LogP contribution in [0.4, 0.5) is 11.5 Å². The number of carbonyl (C=O) groups is 1. The summed E-state index contributed by atoms with van der Waals surface area (Å²) in [6.45, 7) is 9.91. The van der Waals surface area contributed by atoms with Crippen LogP contribution in [-0.4, -0.2) is 33.9 Å². The lowest BCUT2D eigenvalue weighted by atomic mass is 9.98. The Morgan fingerprint density at radius 1 is 1.12 bits per heavy atom. The fraction of sp³-hybridized carbons (Fsp3) is 0.476. The molecule has 0 spiro atoms. The molecule has 5 heteroatoms. The number of anilines is 2. The monoisotopic (exact) mass is 352 g/mol. The number of amides is 1. The highest BCUT2D eigenvalue weighted by Crippen LogP contribution is 2.30. The number of carbonyl (C=O) groups excluding carboxylic acids is 1. The van der Waals surface area contributed by atoms with Crippen molar-refractivity contribution in [2.24, 2.45) is 0 Å². The standard InChI is InChI=1S/C21H28N4O/c1-14(2)17-10-8-9-15(3)20(17)24-19-13-18(22-16(4)23-19)21(26)25-11-6-5-7-12-25/h8-10,13-14H,5-7,11-12H2,1-4H3,(H,22,23,24). The number of hydrogen-bond donors (Lipinski definition) is 1. The van der Waals surface area contributed by atoms with E-state index in [1.165, 1.54) is 12.0 Å². The van der Waals surface area contributed by atoms with Crippen molar-refractivity contribution in [3.63, 3.8) is 0 Å². The van der Waals surface area contributed by atoms with E-state index in [0.717, 1.165) is 37.2 Å². The first-order valence-electron chi connectivity index (χ1n) is 9.47. The van der Waals surface area contributed by atoms with Gasteiger partial charge in [0.15, 0.2) is 0 Å². The van der Waals surface area contributed by atoms with E-state index in [1.54, 1.807) is 6.07 Å². The molecule has 2 heterocycles. The second-order valence-electron chi connectivity index (χ2n) is 7.36. The Morgan fingerprint density at radius 2 is 1.85 bits per heavy atom. The van der Waals surface area contributed by atoms with Crippen LogP contribution in [0.15, 0.2) is 24.3 Å². The van der Waals surface area contributed by atoms with Crippen LogP contribution < -0.4 is 5.32 Å². The highest BCUT2D eigenvalue weighted by Gasteiger charge is 2.21. The van der Waals surface area contributed by atoms with Crippen LogP contribution in [0.5, 0.6) is 0 Å². The molecular weight excluding hydrogens is 324 g/mol. The van der Waals surface area contributed by atoms with Gasteiger partial charge in [-0.2, -0.15) is 0 Å². The van der Waals surface area contributed by atoms with Gasteiger partial charge < -0.3 is 10.2 Å². The van der Waals surface area contributed by atoms with Crippen LogP contribution in [0.25, 0.3) is 0 Å². The van der Waals surface area contributed by atoms with Gasteiger partial charge in [0.1, 0.15) is 17.3 Å². The van der Waals surface area contributed by atoms with Crippen LogP contribution in [0.1, 0.15) is 66.5 Å². The minimum Gasteiger partial charge on any atom is -0.340 e. The smallest absolute Gasteiger partial charge is 0.272 e. The van der Waals surface area contributed by atoms with Gasteiger partial charge in [0.05, 0.1) is 0 Å². The second-order valence-corrected chi connectivity index (χ2v) is 7.36. The normalized spacial score (nSPS) is 14.6. The predicted molar refractivity (Wildman–Crippen MR) is 105 cm³/mol. The van der Waals surface area contributed by atoms with E-state index in [2.05, 4.69) is 54.3 Å². The van der Waals surface area contributed by atoms with Gasteiger partial charge in [-0.15, -0.1) is 0 Å². The largest absolute Gasteiger partial charge is 0.340 e. The van der Waals surface area contributed by atoms with Crippen LogP contribution in [0.3, 0.4) is 0 Å². The summed E-state index contributed by atoms with van der Waals surface area (Å²) in [4.78, 5) is 23.6. The molecule has 3 rings (SSSR count). The summed E-state index contributed by atoms with van der Waals surface area (Å²) in [6.07, 6.45) is 3.34. The first-order valence-corrected chi connectivity index (χ1v) is 9.47. The molecule has 0 aliphatic carbocycles. The van der Waals surface area contributed by atoms with Crippen LogP contribution >= 0.6 is 0 Å². The predicted octanol–water partition coefficient (Wildman–Crippen LogP) is 4.59. The number of aryl methyl sites for hydroxylation is 2. The fourth-order valence-corrected chi connectivity index (χ4v) is 3.47. The number of benzene rings is 1. The quantitative estimate of drug-likeness (QED) is 0.874. The van der Waals surface area contributed by atoms with Gasteiger partial charge in [-0.25, -0.2) is 9.97 Å². The molecule has 1 amide bonds. The minimum absolute atomic E-state index is 0.00659. The van der Waals surface area contributed by atoms with Gasteiger partial charge in [-0.05, 0) is 50.2 Å². The molecule has 138 valence electrons. The molecule has 26 heavy (non-hydrogen) atoms. The lowest BCUT2D eigenvalue weighted by Gasteiger charge is -2.26. The summed E-state index contributed by atoms with van der Waals surface area (Å²) in [7, 11) is 0. The summed E-state index contributed by atoms with van der Waals surface area (Å²) < 4.78 is 0. The van der Waals surface area contributed by atoms with Crippen LogP contribution in [0.2, 0.25) is 0 Å². The highest BCUT2D eigenvalue weighted by molar-refractivity contribution is 5.93. The minimum atomic E-state index is 0.00659. The lowest BCUT2D eigenvalue weighted by molar-refractivity contribution is 0.0718. The average Bonchev–Trinajstić information content (AvgIpc) is 2.63. The van der Waals surface area contributed by atoms with E-state index in [9.17, 15) is 4.79 Å². The maximum absolute atomic E-state index is 12.8.